The molecule has 3 rings (SSSR count). The van der Waals surface area contributed by atoms with Crippen molar-refractivity contribution in [1.29, 1.82) is 5.26 Å². The number of rotatable bonds is 4. The zero-order valence-corrected chi connectivity index (χ0v) is 16.0. The molecule has 0 aromatic heterocycles. The van der Waals surface area contributed by atoms with Crippen LogP contribution in [-0.2, 0) is 14.8 Å². The van der Waals surface area contributed by atoms with Crippen LogP contribution in [0.4, 0.5) is 5.69 Å². The van der Waals surface area contributed by atoms with Gasteiger partial charge in [0, 0.05) is 19.0 Å². The quantitative estimate of drug-likeness (QED) is 0.848. The summed E-state index contributed by atoms with van der Waals surface area (Å²) in [6, 6.07) is 14.8. The van der Waals surface area contributed by atoms with Gasteiger partial charge in [0.25, 0.3) is 0 Å². The Kier molecular flexibility index (Phi) is 5.80. The zero-order valence-electron chi connectivity index (χ0n) is 14.4. The van der Waals surface area contributed by atoms with E-state index in [1.807, 2.05) is 6.07 Å². The monoisotopic (exact) mass is 403 g/mol. The Labute approximate surface area is 163 Å². The average molecular weight is 404 g/mol. The highest BCUT2D eigenvalue weighted by atomic mass is 35.5. The number of hydrogen-bond donors (Lipinski definition) is 1. The third-order valence-electron chi connectivity index (χ3n) is 4.58. The van der Waals surface area contributed by atoms with Gasteiger partial charge in [0.15, 0.2) is 0 Å². The first-order valence-corrected chi connectivity index (χ1v) is 10.3. The second kappa shape index (κ2) is 8.09. The summed E-state index contributed by atoms with van der Waals surface area (Å²) in [6.07, 6.45) is 0.873. The maximum absolute atomic E-state index is 12.7. The van der Waals surface area contributed by atoms with Crippen molar-refractivity contribution in [2.24, 2.45) is 5.92 Å². The minimum Gasteiger partial charge on any atom is -0.325 e. The van der Waals surface area contributed by atoms with E-state index in [1.165, 1.54) is 28.6 Å². The largest absolute Gasteiger partial charge is 0.325 e. The highest BCUT2D eigenvalue weighted by Gasteiger charge is 2.32. The molecule has 0 bridgehead atoms. The number of anilines is 1. The molecule has 1 aliphatic rings. The SMILES string of the molecule is N#Cc1ccc(S(=O)(=O)N2CCC(C(=O)Nc3ccccc3Cl)CC2)cc1. The second-order valence-electron chi connectivity index (χ2n) is 6.28. The Morgan fingerprint density at radius 2 is 1.74 bits per heavy atom. The normalized spacial score (nSPS) is 15.9. The number of nitriles is 1. The maximum atomic E-state index is 12.7. The summed E-state index contributed by atoms with van der Waals surface area (Å²) in [6.45, 7) is 0.534. The van der Waals surface area contributed by atoms with Gasteiger partial charge in [0.2, 0.25) is 15.9 Å². The number of sulfonamides is 1. The Balaban J connectivity index is 1.63. The lowest BCUT2D eigenvalue weighted by molar-refractivity contribution is -0.120. The number of hydrogen-bond acceptors (Lipinski definition) is 4. The van der Waals surface area contributed by atoms with Crippen molar-refractivity contribution in [3.05, 3.63) is 59.1 Å². The number of nitrogens with zero attached hydrogens (tertiary/aromatic N) is 2. The van der Waals surface area contributed by atoms with Gasteiger partial charge in [-0.3, -0.25) is 4.79 Å². The van der Waals surface area contributed by atoms with Crippen LogP contribution < -0.4 is 5.32 Å². The highest BCUT2D eigenvalue weighted by molar-refractivity contribution is 7.89. The van der Waals surface area contributed by atoms with Crippen LogP contribution in [0.25, 0.3) is 0 Å². The van der Waals surface area contributed by atoms with Crippen molar-refractivity contribution in [3.63, 3.8) is 0 Å². The molecule has 0 saturated carbocycles. The van der Waals surface area contributed by atoms with E-state index in [1.54, 1.807) is 24.3 Å². The lowest BCUT2D eigenvalue weighted by atomic mass is 9.97. The van der Waals surface area contributed by atoms with Crippen molar-refractivity contribution < 1.29 is 13.2 Å². The summed E-state index contributed by atoms with van der Waals surface area (Å²) in [4.78, 5) is 12.6. The molecule has 8 heteroatoms. The number of halogens is 1. The van der Waals surface area contributed by atoms with Crippen molar-refractivity contribution in [2.75, 3.05) is 18.4 Å². The molecule has 2 aromatic carbocycles. The van der Waals surface area contributed by atoms with Gasteiger partial charge in [-0.25, -0.2) is 8.42 Å². The number of carbonyl (C=O) groups excluding carboxylic acids is 1. The molecule has 1 amide bonds. The molecule has 0 unspecified atom stereocenters. The summed E-state index contributed by atoms with van der Waals surface area (Å²) in [5, 5.41) is 12.1. The Morgan fingerprint density at radius 1 is 1.11 bits per heavy atom. The lowest BCUT2D eigenvalue weighted by Crippen LogP contribution is -2.41. The van der Waals surface area contributed by atoms with Crippen LogP contribution in [0.5, 0.6) is 0 Å². The Hall–Kier alpha value is -2.40. The smallest absolute Gasteiger partial charge is 0.243 e. The number of benzene rings is 2. The van der Waals surface area contributed by atoms with Crippen molar-refractivity contribution >= 4 is 33.2 Å². The van der Waals surface area contributed by atoms with Crippen LogP contribution in [0.15, 0.2) is 53.4 Å². The predicted molar refractivity (Wildman–Crippen MR) is 103 cm³/mol. The average Bonchev–Trinajstić information content (AvgIpc) is 2.70. The molecule has 1 aliphatic heterocycles. The van der Waals surface area contributed by atoms with Crippen molar-refractivity contribution in [2.45, 2.75) is 17.7 Å². The maximum Gasteiger partial charge on any atom is 0.243 e. The Morgan fingerprint density at radius 3 is 2.33 bits per heavy atom. The van der Waals surface area contributed by atoms with Gasteiger partial charge in [0.05, 0.1) is 27.2 Å². The third-order valence-corrected chi connectivity index (χ3v) is 6.82. The highest BCUT2D eigenvalue weighted by Crippen LogP contribution is 2.26. The van der Waals surface area contributed by atoms with E-state index in [0.717, 1.165) is 0 Å². The topological polar surface area (TPSA) is 90.3 Å². The molecule has 1 N–H and O–H groups in total. The minimum absolute atomic E-state index is 0.153. The fraction of sp³-hybridized carbons (Fsp3) is 0.263. The molecular weight excluding hydrogens is 386 g/mol. The van der Waals surface area contributed by atoms with Crippen molar-refractivity contribution in [3.8, 4) is 6.07 Å². The summed E-state index contributed by atoms with van der Waals surface area (Å²) in [7, 11) is -3.63. The van der Waals surface area contributed by atoms with E-state index in [9.17, 15) is 13.2 Å². The number of carbonyl (C=O) groups is 1. The molecule has 140 valence electrons. The molecule has 27 heavy (non-hydrogen) atoms. The van der Waals surface area contributed by atoms with E-state index in [0.29, 0.717) is 29.1 Å². The van der Waals surface area contributed by atoms with Crippen LogP contribution in [0.2, 0.25) is 5.02 Å². The van der Waals surface area contributed by atoms with Crippen LogP contribution in [0, 0.1) is 17.2 Å². The molecule has 2 aromatic rings. The second-order valence-corrected chi connectivity index (χ2v) is 8.63. The first-order valence-electron chi connectivity index (χ1n) is 8.47. The molecule has 0 spiro atoms. The lowest BCUT2D eigenvalue weighted by Gasteiger charge is -2.30. The molecule has 1 saturated heterocycles. The molecule has 6 nitrogen and oxygen atoms in total. The van der Waals surface area contributed by atoms with Gasteiger partial charge in [-0.15, -0.1) is 0 Å². The van der Waals surface area contributed by atoms with Crippen LogP contribution >= 0.6 is 11.6 Å². The van der Waals surface area contributed by atoms with Gasteiger partial charge in [-0.05, 0) is 49.2 Å². The summed E-state index contributed by atoms with van der Waals surface area (Å²) >= 11 is 6.06. The first kappa shape index (κ1) is 19.4. The third kappa shape index (κ3) is 4.30. The predicted octanol–water partition coefficient (Wildman–Crippen LogP) is 3.25. The molecule has 0 aliphatic carbocycles. The number of piperidine rings is 1. The number of para-hydroxylation sites is 1. The van der Waals surface area contributed by atoms with Gasteiger partial charge in [0.1, 0.15) is 0 Å². The van der Waals surface area contributed by atoms with Crippen LogP contribution in [0.1, 0.15) is 18.4 Å². The van der Waals surface area contributed by atoms with E-state index in [4.69, 9.17) is 16.9 Å². The van der Waals surface area contributed by atoms with E-state index in [-0.39, 0.29) is 29.8 Å². The zero-order chi connectivity index (χ0) is 19.4. The molecule has 0 atom stereocenters. The van der Waals surface area contributed by atoms with Gasteiger partial charge >= 0.3 is 0 Å². The number of nitrogens with one attached hydrogen (secondary N) is 1. The van der Waals surface area contributed by atoms with Gasteiger partial charge in [-0.2, -0.15) is 9.57 Å². The summed E-state index contributed by atoms with van der Waals surface area (Å²) < 4.78 is 26.8. The fourth-order valence-electron chi connectivity index (χ4n) is 3.01. The Bertz CT molecular complexity index is 976. The minimum atomic E-state index is -3.63. The van der Waals surface area contributed by atoms with Crippen molar-refractivity contribution in [1.82, 2.24) is 4.31 Å². The van der Waals surface area contributed by atoms with Gasteiger partial charge < -0.3 is 5.32 Å². The van der Waals surface area contributed by atoms with E-state index < -0.39 is 10.0 Å². The molecule has 1 heterocycles. The first-order chi connectivity index (χ1) is 12.9. The standard InChI is InChI=1S/C19H18ClN3O3S/c20-17-3-1-2-4-18(17)22-19(24)15-9-11-23(12-10-15)27(25,26)16-7-5-14(13-21)6-8-16/h1-8,15H,9-12H2,(H,22,24). The molecule has 1 fully saturated rings. The van der Waals surface area contributed by atoms with Crippen LogP contribution in [0.3, 0.4) is 0 Å². The number of amides is 1. The molecule has 0 radical (unpaired) electrons. The van der Waals surface area contributed by atoms with E-state index >= 15 is 0 Å². The van der Waals surface area contributed by atoms with E-state index in [2.05, 4.69) is 5.32 Å². The fourth-order valence-corrected chi connectivity index (χ4v) is 4.66. The summed E-state index contributed by atoms with van der Waals surface area (Å²) in [5.74, 6) is -0.424. The van der Waals surface area contributed by atoms with Crippen LogP contribution in [-0.4, -0.2) is 31.7 Å². The molecular formula is C19H18ClN3O3S. The summed E-state index contributed by atoms with van der Waals surface area (Å²) in [5.41, 5.74) is 0.959. The van der Waals surface area contributed by atoms with Gasteiger partial charge in [-0.1, -0.05) is 23.7 Å².